The molecule has 0 unspecified atom stereocenters. The summed E-state index contributed by atoms with van der Waals surface area (Å²) in [5, 5.41) is 0. The molecule has 0 bridgehead atoms. The molecule has 0 aromatic carbocycles. The molecule has 0 aromatic rings. The minimum atomic E-state index is -0.530. The molecule has 0 heterocycles. The number of ketones is 1. The summed E-state index contributed by atoms with van der Waals surface area (Å²) >= 11 is 10.4. The van der Waals surface area contributed by atoms with Crippen LogP contribution in [0.4, 0.5) is 0 Å². The van der Waals surface area contributed by atoms with E-state index in [0.717, 1.165) is 13.2 Å². The predicted octanol–water partition coefficient (Wildman–Crippen LogP) is 2.81. The SMILES string of the molecule is CC(=O)CC(Cl)Cl.CCOCC. The second kappa shape index (κ2) is 11.2. The Morgan fingerprint density at radius 3 is 1.75 bits per heavy atom. The van der Waals surface area contributed by atoms with Gasteiger partial charge in [-0.15, -0.1) is 23.2 Å². The summed E-state index contributed by atoms with van der Waals surface area (Å²) in [5.74, 6) is 0.0231. The molecule has 0 aromatic heterocycles. The van der Waals surface area contributed by atoms with Crippen LogP contribution >= 0.6 is 23.2 Å². The number of hydrogen-bond acceptors (Lipinski definition) is 2. The molecule has 4 heteroatoms. The van der Waals surface area contributed by atoms with E-state index in [-0.39, 0.29) is 12.2 Å². The molecule has 0 saturated heterocycles. The van der Waals surface area contributed by atoms with Gasteiger partial charge in [-0.3, -0.25) is 4.79 Å². The molecule has 0 fully saturated rings. The Kier molecular flexibility index (Phi) is 13.7. The number of Topliss-reactive ketones (excluding diaryl/α,β-unsaturated/α-hetero) is 1. The lowest BCUT2D eigenvalue weighted by Crippen LogP contribution is -1.95. The Bertz CT molecular complexity index is 103. The first kappa shape index (κ1) is 14.7. The molecular formula is C8H16Cl2O2. The van der Waals surface area contributed by atoms with Gasteiger partial charge < -0.3 is 4.74 Å². The van der Waals surface area contributed by atoms with Crippen molar-refractivity contribution < 1.29 is 9.53 Å². The molecule has 0 N–H and O–H groups in total. The number of rotatable bonds is 4. The van der Waals surface area contributed by atoms with Crippen molar-refractivity contribution in [3.8, 4) is 0 Å². The molecular weight excluding hydrogens is 199 g/mol. The number of ether oxygens (including phenoxy) is 1. The number of carbonyl (C=O) groups excluding carboxylic acids is 1. The van der Waals surface area contributed by atoms with Crippen LogP contribution in [0, 0.1) is 0 Å². The molecule has 2 nitrogen and oxygen atoms in total. The van der Waals surface area contributed by atoms with Crippen LogP contribution in [-0.2, 0) is 9.53 Å². The minimum Gasteiger partial charge on any atom is -0.382 e. The predicted molar refractivity (Wildman–Crippen MR) is 53.0 cm³/mol. The van der Waals surface area contributed by atoms with Gasteiger partial charge in [-0.2, -0.15) is 0 Å². The van der Waals surface area contributed by atoms with E-state index in [1.165, 1.54) is 6.92 Å². The lowest BCUT2D eigenvalue weighted by atomic mass is 10.4. The maximum Gasteiger partial charge on any atom is 0.132 e. The minimum absolute atomic E-state index is 0.0231. The van der Waals surface area contributed by atoms with E-state index in [9.17, 15) is 4.79 Å². The van der Waals surface area contributed by atoms with Crippen molar-refractivity contribution in [1.29, 1.82) is 0 Å². The summed E-state index contributed by atoms with van der Waals surface area (Å²) in [6.07, 6.45) is 0.253. The van der Waals surface area contributed by atoms with Crippen LogP contribution in [0.15, 0.2) is 0 Å². The summed E-state index contributed by atoms with van der Waals surface area (Å²) in [4.78, 5) is 9.56. The van der Waals surface area contributed by atoms with Gasteiger partial charge in [-0.25, -0.2) is 0 Å². The van der Waals surface area contributed by atoms with E-state index < -0.39 is 4.84 Å². The molecule has 12 heavy (non-hydrogen) atoms. The first-order valence-electron chi connectivity index (χ1n) is 3.89. The van der Waals surface area contributed by atoms with Crippen molar-refractivity contribution in [2.75, 3.05) is 13.2 Å². The summed E-state index contributed by atoms with van der Waals surface area (Å²) < 4.78 is 4.83. The van der Waals surface area contributed by atoms with Crippen molar-refractivity contribution in [3.05, 3.63) is 0 Å². The third kappa shape index (κ3) is 22.5. The molecule has 0 aliphatic carbocycles. The van der Waals surface area contributed by atoms with Crippen LogP contribution in [0.5, 0.6) is 0 Å². The highest BCUT2D eigenvalue weighted by Gasteiger charge is 2.00. The van der Waals surface area contributed by atoms with Crippen molar-refractivity contribution >= 4 is 29.0 Å². The maximum atomic E-state index is 10.1. The summed E-state index contributed by atoms with van der Waals surface area (Å²) in [6.45, 7) is 7.12. The van der Waals surface area contributed by atoms with Gasteiger partial charge in [0.2, 0.25) is 0 Å². The van der Waals surface area contributed by atoms with Gasteiger partial charge in [0.15, 0.2) is 0 Å². The van der Waals surface area contributed by atoms with Gasteiger partial charge in [0.25, 0.3) is 0 Å². The molecule has 0 aliphatic heterocycles. The van der Waals surface area contributed by atoms with Gasteiger partial charge in [-0.1, -0.05) is 0 Å². The first-order chi connectivity index (χ1) is 5.54. The van der Waals surface area contributed by atoms with E-state index in [0.29, 0.717) is 0 Å². The van der Waals surface area contributed by atoms with Gasteiger partial charge in [0, 0.05) is 19.6 Å². The van der Waals surface area contributed by atoms with E-state index in [1.54, 1.807) is 0 Å². The highest BCUT2D eigenvalue weighted by Crippen LogP contribution is 2.05. The zero-order valence-corrected chi connectivity index (χ0v) is 9.28. The Labute approximate surface area is 84.2 Å². The topological polar surface area (TPSA) is 26.3 Å². The average Bonchev–Trinajstić information content (AvgIpc) is 1.87. The van der Waals surface area contributed by atoms with Gasteiger partial charge in [0.05, 0.1) is 0 Å². The first-order valence-corrected chi connectivity index (χ1v) is 4.77. The van der Waals surface area contributed by atoms with Crippen LogP contribution < -0.4 is 0 Å². The molecule has 0 radical (unpaired) electrons. The summed E-state index contributed by atoms with van der Waals surface area (Å²) in [6, 6.07) is 0. The molecule has 0 amide bonds. The highest BCUT2D eigenvalue weighted by molar-refractivity contribution is 6.45. The smallest absolute Gasteiger partial charge is 0.132 e. The second-order valence-electron chi connectivity index (χ2n) is 2.08. The fraction of sp³-hybridized carbons (Fsp3) is 0.875. The van der Waals surface area contributed by atoms with Crippen LogP contribution in [0.1, 0.15) is 27.2 Å². The van der Waals surface area contributed by atoms with E-state index in [2.05, 4.69) is 0 Å². The zero-order chi connectivity index (χ0) is 9.98. The number of carbonyl (C=O) groups is 1. The van der Waals surface area contributed by atoms with Gasteiger partial charge >= 0.3 is 0 Å². The highest BCUT2D eigenvalue weighted by atomic mass is 35.5. The maximum absolute atomic E-state index is 10.1. The standard InChI is InChI=1S/C4H6Cl2O.C4H10O/c1-3(7)2-4(5)6;1-3-5-4-2/h4H,2H2,1H3;3-4H2,1-2H3. The van der Waals surface area contributed by atoms with Crippen molar-refractivity contribution in [2.24, 2.45) is 0 Å². The van der Waals surface area contributed by atoms with Crippen LogP contribution in [-0.4, -0.2) is 23.8 Å². The molecule has 74 valence electrons. The molecule has 0 atom stereocenters. The lowest BCUT2D eigenvalue weighted by Gasteiger charge is -1.90. The quantitative estimate of drug-likeness (QED) is 0.674. The Morgan fingerprint density at radius 2 is 1.75 bits per heavy atom. The Balaban J connectivity index is 0. The monoisotopic (exact) mass is 214 g/mol. The Morgan fingerprint density at radius 1 is 1.33 bits per heavy atom. The third-order valence-electron chi connectivity index (χ3n) is 0.850. The molecule has 0 rings (SSSR count). The molecule has 0 spiro atoms. The lowest BCUT2D eigenvalue weighted by molar-refractivity contribution is -0.116. The van der Waals surface area contributed by atoms with Crippen molar-refractivity contribution in [2.45, 2.75) is 32.0 Å². The molecule has 0 saturated carbocycles. The van der Waals surface area contributed by atoms with Crippen LogP contribution in [0.2, 0.25) is 0 Å². The summed E-state index contributed by atoms with van der Waals surface area (Å²) in [7, 11) is 0. The zero-order valence-electron chi connectivity index (χ0n) is 7.77. The van der Waals surface area contributed by atoms with E-state index in [4.69, 9.17) is 27.9 Å². The summed E-state index contributed by atoms with van der Waals surface area (Å²) in [5.41, 5.74) is 0. The van der Waals surface area contributed by atoms with Gasteiger partial charge in [0.1, 0.15) is 10.6 Å². The third-order valence-corrected chi connectivity index (χ3v) is 1.16. The van der Waals surface area contributed by atoms with E-state index in [1.807, 2.05) is 13.8 Å². The largest absolute Gasteiger partial charge is 0.382 e. The molecule has 0 aliphatic rings. The van der Waals surface area contributed by atoms with Crippen molar-refractivity contribution in [3.63, 3.8) is 0 Å². The second-order valence-corrected chi connectivity index (χ2v) is 3.36. The number of alkyl halides is 2. The number of hydrogen-bond donors (Lipinski definition) is 0. The van der Waals surface area contributed by atoms with Gasteiger partial charge in [-0.05, 0) is 20.8 Å². The van der Waals surface area contributed by atoms with Crippen LogP contribution in [0.25, 0.3) is 0 Å². The fourth-order valence-corrected chi connectivity index (χ4v) is 0.856. The normalized spacial score (nSPS) is 9.17. The average molecular weight is 215 g/mol. The Hall–Kier alpha value is 0.210. The number of halogens is 2. The van der Waals surface area contributed by atoms with Crippen LogP contribution in [0.3, 0.4) is 0 Å². The fourth-order valence-electron chi connectivity index (χ4n) is 0.421. The van der Waals surface area contributed by atoms with E-state index >= 15 is 0 Å². The van der Waals surface area contributed by atoms with Crippen molar-refractivity contribution in [1.82, 2.24) is 0 Å².